The van der Waals surface area contributed by atoms with E-state index in [1.54, 1.807) is 18.2 Å². The molecule has 0 saturated heterocycles. The zero-order chi connectivity index (χ0) is 13.8. The number of hydrogen-bond acceptors (Lipinski definition) is 6. The van der Waals surface area contributed by atoms with Gasteiger partial charge in [-0.25, -0.2) is 15.7 Å². The molecule has 1 heterocycles. The molecule has 2 rings (SSSR count). The Balaban J connectivity index is 2.20. The second-order valence-electron chi connectivity index (χ2n) is 3.64. The normalized spacial score (nSPS) is 10.3. The van der Waals surface area contributed by atoms with Gasteiger partial charge in [0.25, 0.3) is 5.91 Å². The Kier molecular flexibility index (Phi) is 4.69. The van der Waals surface area contributed by atoms with Gasteiger partial charge in [0.1, 0.15) is 0 Å². The summed E-state index contributed by atoms with van der Waals surface area (Å²) < 4.78 is 0.784. The molecule has 0 aliphatic rings. The molecule has 0 aliphatic heterocycles. The third-order valence-electron chi connectivity index (χ3n) is 2.21. The number of halogens is 1. The number of nitrogens with zero attached hydrogens (tertiary/aromatic N) is 1. The quantitative estimate of drug-likeness (QED) is 0.424. The van der Waals surface area contributed by atoms with Gasteiger partial charge in [0.2, 0.25) is 0 Å². The lowest BCUT2D eigenvalue weighted by Gasteiger charge is -2.07. The second kappa shape index (κ2) is 6.28. The monoisotopic (exact) mass is 391 g/mol. The first kappa shape index (κ1) is 14.2. The number of nitrogens with one attached hydrogen (secondary N) is 2. The molecular formula is C11H10IN3O3S. The van der Waals surface area contributed by atoms with Gasteiger partial charge in [-0.15, -0.1) is 16.3 Å². The smallest absolute Gasteiger partial charge is 0.258 e. The molecule has 8 heteroatoms. The molecule has 100 valence electrons. The van der Waals surface area contributed by atoms with E-state index < -0.39 is 0 Å². The maximum atomic E-state index is 12.1. The Bertz CT molecular complexity index is 603. The van der Waals surface area contributed by atoms with Crippen LogP contribution in [0.4, 0.5) is 10.8 Å². The number of carbonyl (C=O) groups excluding carboxylic acids is 1. The SMILES string of the molecule is Cc1csc(NC(=O)c2cc(NOO)ccc2I)n1. The molecule has 6 nitrogen and oxygen atoms in total. The van der Waals surface area contributed by atoms with E-state index in [2.05, 4.69) is 43.4 Å². The highest BCUT2D eigenvalue weighted by molar-refractivity contribution is 14.1. The molecule has 2 aromatic rings. The maximum Gasteiger partial charge on any atom is 0.258 e. The number of anilines is 2. The summed E-state index contributed by atoms with van der Waals surface area (Å²) in [5, 5.41) is 13.5. The minimum Gasteiger partial charge on any atom is -0.298 e. The van der Waals surface area contributed by atoms with Crippen LogP contribution in [0.3, 0.4) is 0 Å². The Hall–Kier alpha value is -1.23. The van der Waals surface area contributed by atoms with Crippen molar-refractivity contribution < 1.29 is 15.0 Å². The van der Waals surface area contributed by atoms with E-state index in [1.165, 1.54) is 11.3 Å². The van der Waals surface area contributed by atoms with Crippen LogP contribution in [0.2, 0.25) is 0 Å². The largest absolute Gasteiger partial charge is 0.298 e. The van der Waals surface area contributed by atoms with Gasteiger partial charge in [-0.1, -0.05) is 0 Å². The third-order valence-corrected chi connectivity index (χ3v) is 4.03. The van der Waals surface area contributed by atoms with Gasteiger partial charge in [0.15, 0.2) is 5.13 Å². The molecule has 0 unspecified atom stereocenters. The molecule has 19 heavy (non-hydrogen) atoms. The van der Waals surface area contributed by atoms with E-state index in [4.69, 9.17) is 5.26 Å². The number of rotatable bonds is 4. The predicted molar refractivity (Wildman–Crippen MR) is 81.3 cm³/mol. The van der Waals surface area contributed by atoms with Gasteiger partial charge in [0.05, 0.1) is 16.9 Å². The number of benzene rings is 1. The van der Waals surface area contributed by atoms with Gasteiger partial charge in [0, 0.05) is 8.95 Å². The summed E-state index contributed by atoms with van der Waals surface area (Å²) in [6.45, 7) is 1.86. The lowest BCUT2D eigenvalue weighted by Crippen LogP contribution is -2.14. The number of aromatic nitrogens is 1. The minimum atomic E-state index is -0.264. The second-order valence-corrected chi connectivity index (χ2v) is 5.66. The molecule has 0 saturated carbocycles. The van der Waals surface area contributed by atoms with Gasteiger partial charge >= 0.3 is 0 Å². The fourth-order valence-corrected chi connectivity index (χ4v) is 2.65. The van der Waals surface area contributed by atoms with Gasteiger partial charge < -0.3 is 0 Å². The Labute approximate surface area is 126 Å². The van der Waals surface area contributed by atoms with E-state index in [9.17, 15) is 4.79 Å². The van der Waals surface area contributed by atoms with Crippen LogP contribution in [0, 0.1) is 10.5 Å². The van der Waals surface area contributed by atoms with Gasteiger partial charge in [-0.3, -0.25) is 10.1 Å². The average molecular weight is 391 g/mol. The van der Waals surface area contributed by atoms with Crippen molar-refractivity contribution in [1.82, 2.24) is 4.98 Å². The zero-order valence-corrected chi connectivity index (χ0v) is 12.8. The molecule has 0 radical (unpaired) electrons. The highest BCUT2D eigenvalue weighted by Crippen LogP contribution is 2.21. The van der Waals surface area contributed by atoms with Crippen LogP contribution >= 0.6 is 33.9 Å². The Morgan fingerprint density at radius 3 is 2.95 bits per heavy atom. The van der Waals surface area contributed by atoms with Crippen molar-refractivity contribution in [3.05, 3.63) is 38.4 Å². The van der Waals surface area contributed by atoms with E-state index in [0.29, 0.717) is 16.4 Å². The lowest BCUT2D eigenvalue weighted by atomic mass is 10.2. The number of thiazole rings is 1. The summed E-state index contributed by atoms with van der Waals surface area (Å²) in [6.07, 6.45) is 0. The molecule has 0 atom stereocenters. The summed E-state index contributed by atoms with van der Waals surface area (Å²) in [7, 11) is 0. The third kappa shape index (κ3) is 3.62. The van der Waals surface area contributed by atoms with Crippen molar-refractivity contribution in [3.63, 3.8) is 0 Å². The predicted octanol–water partition coefficient (Wildman–Crippen LogP) is 3.12. The van der Waals surface area contributed by atoms with Gasteiger partial charge in [-0.2, -0.15) is 0 Å². The van der Waals surface area contributed by atoms with Crippen LogP contribution in [0.15, 0.2) is 23.6 Å². The highest BCUT2D eigenvalue weighted by atomic mass is 127. The fraction of sp³-hybridized carbons (Fsp3) is 0.0909. The average Bonchev–Trinajstić information content (AvgIpc) is 2.77. The Morgan fingerprint density at radius 1 is 1.53 bits per heavy atom. The molecule has 3 N–H and O–H groups in total. The summed E-state index contributed by atoms with van der Waals surface area (Å²) >= 11 is 3.43. The van der Waals surface area contributed by atoms with Crippen molar-refractivity contribution in [2.45, 2.75) is 6.92 Å². The van der Waals surface area contributed by atoms with E-state index in [-0.39, 0.29) is 5.91 Å². The van der Waals surface area contributed by atoms with Crippen molar-refractivity contribution in [3.8, 4) is 0 Å². The summed E-state index contributed by atoms with van der Waals surface area (Å²) in [6, 6.07) is 5.00. The standard InChI is InChI=1S/C11H10IN3O3S/c1-6-5-19-11(13-6)14-10(16)8-4-7(15-18-17)2-3-9(8)12/h2-5,15,17H,1H3,(H,13,14,16). The first-order valence-corrected chi connectivity index (χ1v) is 7.15. The summed E-state index contributed by atoms with van der Waals surface area (Å²) in [5.74, 6) is -0.264. The highest BCUT2D eigenvalue weighted by Gasteiger charge is 2.12. The number of hydrogen-bond donors (Lipinski definition) is 3. The van der Waals surface area contributed by atoms with Crippen molar-refractivity contribution in [2.75, 3.05) is 10.8 Å². The zero-order valence-electron chi connectivity index (χ0n) is 9.81. The molecule has 0 bridgehead atoms. The molecule has 0 fully saturated rings. The van der Waals surface area contributed by atoms with Crippen LogP contribution in [0.5, 0.6) is 0 Å². The molecular weight excluding hydrogens is 381 g/mol. The maximum absolute atomic E-state index is 12.1. The van der Waals surface area contributed by atoms with E-state index >= 15 is 0 Å². The van der Waals surface area contributed by atoms with Crippen LogP contribution in [0.25, 0.3) is 0 Å². The first-order valence-electron chi connectivity index (χ1n) is 5.19. The van der Waals surface area contributed by atoms with Crippen LogP contribution in [-0.4, -0.2) is 16.1 Å². The van der Waals surface area contributed by atoms with Crippen LogP contribution in [0.1, 0.15) is 16.1 Å². The Morgan fingerprint density at radius 2 is 2.32 bits per heavy atom. The van der Waals surface area contributed by atoms with Crippen LogP contribution < -0.4 is 10.8 Å². The molecule has 1 amide bonds. The van der Waals surface area contributed by atoms with Crippen molar-refractivity contribution in [2.24, 2.45) is 0 Å². The minimum absolute atomic E-state index is 0.264. The van der Waals surface area contributed by atoms with Crippen molar-refractivity contribution >= 4 is 50.7 Å². The summed E-state index contributed by atoms with van der Waals surface area (Å²) in [5.41, 5.74) is 4.06. The summed E-state index contributed by atoms with van der Waals surface area (Å²) in [4.78, 5) is 20.1. The molecule has 0 aliphatic carbocycles. The molecule has 0 spiro atoms. The van der Waals surface area contributed by atoms with Gasteiger partial charge in [-0.05, 0) is 47.7 Å². The first-order chi connectivity index (χ1) is 9.10. The molecule has 1 aromatic carbocycles. The number of amides is 1. The van der Waals surface area contributed by atoms with Crippen molar-refractivity contribution in [1.29, 1.82) is 0 Å². The lowest BCUT2D eigenvalue weighted by molar-refractivity contribution is -0.215. The fourth-order valence-electron chi connectivity index (χ4n) is 1.39. The number of carbonyl (C=O) groups is 1. The van der Waals surface area contributed by atoms with E-state index in [0.717, 1.165) is 9.26 Å². The number of aryl methyl sites for hydroxylation is 1. The topological polar surface area (TPSA) is 83.5 Å². The molecule has 1 aromatic heterocycles. The van der Waals surface area contributed by atoms with Crippen LogP contribution in [-0.2, 0) is 4.99 Å². The van der Waals surface area contributed by atoms with E-state index in [1.807, 2.05) is 12.3 Å².